The highest BCUT2D eigenvalue weighted by molar-refractivity contribution is 7.98. The molecular formula is C22H29N3O3S. The summed E-state index contributed by atoms with van der Waals surface area (Å²) in [5.41, 5.74) is 1.51. The van der Waals surface area contributed by atoms with Gasteiger partial charge in [0.25, 0.3) is 0 Å². The number of nitrogens with zero attached hydrogens (tertiary/aromatic N) is 1. The van der Waals surface area contributed by atoms with Crippen LogP contribution in [0.4, 0.5) is 5.69 Å². The SMILES string of the molecule is CCc1cccc2c1NC(=O)C21NC(CCSC)C2C(=O)N(C(C)CC)C(=O)C21. The molecule has 7 heteroatoms. The Hall–Kier alpha value is -1.86. The van der Waals surface area contributed by atoms with E-state index in [0.717, 1.165) is 35.4 Å². The summed E-state index contributed by atoms with van der Waals surface area (Å²) in [6.45, 7) is 5.93. The van der Waals surface area contributed by atoms with Crippen LogP contribution in [0, 0.1) is 11.8 Å². The summed E-state index contributed by atoms with van der Waals surface area (Å²) < 4.78 is 0. The molecular weight excluding hydrogens is 386 g/mol. The van der Waals surface area contributed by atoms with Crippen LogP contribution < -0.4 is 10.6 Å². The van der Waals surface area contributed by atoms with Crippen molar-refractivity contribution < 1.29 is 14.4 Å². The number of anilines is 1. The fourth-order valence-electron chi connectivity index (χ4n) is 5.32. The molecule has 6 nitrogen and oxygen atoms in total. The third kappa shape index (κ3) is 2.70. The largest absolute Gasteiger partial charge is 0.324 e. The van der Waals surface area contributed by atoms with Gasteiger partial charge in [-0.15, -0.1) is 0 Å². The zero-order valence-corrected chi connectivity index (χ0v) is 18.3. The minimum Gasteiger partial charge on any atom is -0.324 e. The first-order valence-electron chi connectivity index (χ1n) is 10.5. The van der Waals surface area contributed by atoms with Crippen molar-refractivity contribution in [1.82, 2.24) is 10.2 Å². The molecule has 2 N–H and O–H groups in total. The van der Waals surface area contributed by atoms with E-state index in [1.807, 2.05) is 45.2 Å². The smallest absolute Gasteiger partial charge is 0.250 e. The van der Waals surface area contributed by atoms with Crippen molar-refractivity contribution in [2.45, 2.75) is 57.7 Å². The Kier molecular flexibility index (Phi) is 5.23. The summed E-state index contributed by atoms with van der Waals surface area (Å²) in [5, 5.41) is 6.55. The minimum atomic E-state index is -1.16. The van der Waals surface area contributed by atoms with Gasteiger partial charge in [-0.05, 0) is 43.8 Å². The van der Waals surface area contributed by atoms with E-state index in [9.17, 15) is 14.4 Å². The van der Waals surface area contributed by atoms with Gasteiger partial charge >= 0.3 is 0 Å². The Labute approximate surface area is 176 Å². The van der Waals surface area contributed by atoms with E-state index >= 15 is 0 Å². The molecule has 5 unspecified atom stereocenters. The fraction of sp³-hybridized carbons (Fsp3) is 0.591. The highest BCUT2D eigenvalue weighted by Gasteiger charge is 2.70. The summed E-state index contributed by atoms with van der Waals surface area (Å²) in [6.07, 6.45) is 4.26. The molecule has 1 aromatic rings. The molecule has 3 heterocycles. The molecule has 1 aromatic carbocycles. The van der Waals surface area contributed by atoms with Gasteiger partial charge in [-0.3, -0.25) is 24.6 Å². The molecule has 1 spiro atoms. The summed E-state index contributed by atoms with van der Waals surface area (Å²) in [7, 11) is 0. The monoisotopic (exact) mass is 415 g/mol. The molecule has 0 bridgehead atoms. The lowest BCUT2D eigenvalue weighted by Gasteiger charge is -2.31. The van der Waals surface area contributed by atoms with Crippen LogP contribution in [-0.4, -0.2) is 46.7 Å². The number of hydrogen-bond donors (Lipinski definition) is 2. The number of hydrogen-bond acceptors (Lipinski definition) is 5. The van der Waals surface area contributed by atoms with Crippen LogP contribution in [0.15, 0.2) is 18.2 Å². The van der Waals surface area contributed by atoms with Crippen molar-refractivity contribution >= 4 is 35.2 Å². The van der Waals surface area contributed by atoms with Gasteiger partial charge in [0.1, 0.15) is 5.54 Å². The number of aryl methyl sites for hydroxylation is 1. The number of carbonyl (C=O) groups is 3. The molecule has 4 rings (SSSR count). The number of para-hydroxylation sites is 1. The second-order valence-corrected chi connectivity index (χ2v) is 9.28. The Morgan fingerprint density at radius 2 is 1.97 bits per heavy atom. The minimum absolute atomic E-state index is 0.127. The van der Waals surface area contributed by atoms with Crippen molar-refractivity contribution in [2.24, 2.45) is 11.8 Å². The molecule has 0 saturated carbocycles. The lowest BCUT2D eigenvalue weighted by Crippen LogP contribution is -2.54. The van der Waals surface area contributed by atoms with Gasteiger partial charge in [0.15, 0.2) is 0 Å². The molecule has 0 aromatic heterocycles. The van der Waals surface area contributed by atoms with Crippen LogP contribution in [-0.2, 0) is 26.3 Å². The second kappa shape index (κ2) is 7.43. The quantitative estimate of drug-likeness (QED) is 0.698. The molecule has 3 aliphatic rings. The van der Waals surface area contributed by atoms with Gasteiger partial charge in [-0.2, -0.15) is 11.8 Å². The number of carbonyl (C=O) groups excluding carboxylic acids is 3. The number of benzene rings is 1. The van der Waals surface area contributed by atoms with Crippen molar-refractivity contribution in [3.8, 4) is 0 Å². The molecule has 2 fully saturated rings. The fourth-order valence-corrected chi connectivity index (χ4v) is 5.81. The van der Waals surface area contributed by atoms with E-state index in [-0.39, 0.29) is 29.8 Å². The molecule has 2 saturated heterocycles. The van der Waals surface area contributed by atoms with Crippen molar-refractivity contribution in [1.29, 1.82) is 0 Å². The predicted molar refractivity (Wildman–Crippen MR) is 115 cm³/mol. The molecule has 3 aliphatic heterocycles. The maximum Gasteiger partial charge on any atom is 0.250 e. The van der Waals surface area contributed by atoms with Crippen LogP contribution in [0.2, 0.25) is 0 Å². The van der Waals surface area contributed by atoms with Gasteiger partial charge in [-0.1, -0.05) is 32.0 Å². The van der Waals surface area contributed by atoms with Gasteiger partial charge in [0.05, 0.1) is 11.8 Å². The van der Waals surface area contributed by atoms with E-state index in [4.69, 9.17) is 0 Å². The van der Waals surface area contributed by atoms with Gasteiger partial charge < -0.3 is 5.32 Å². The zero-order valence-electron chi connectivity index (χ0n) is 17.5. The van der Waals surface area contributed by atoms with Crippen LogP contribution in [0.3, 0.4) is 0 Å². The Balaban J connectivity index is 1.87. The number of amides is 3. The number of nitrogens with one attached hydrogen (secondary N) is 2. The molecule has 156 valence electrons. The maximum absolute atomic E-state index is 13.6. The van der Waals surface area contributed by atoms with E-state index in [1.54, 1.807) is 11.8 Å². The average molecular weight is 416 g/mol. The first-order chi connectivity index (χ1) is 13.9. The molecule has 5 atom stereocenters. The van der Waals surface area contributed by atoms with Crippen molar-refractivity contribution in [3.63, 3.8) is 0 Å². The zero-order chi connectivity index (χ0) is 20.9. The van der Waals surface area contributed by atoms with Crippen molar-refractivity contribution in [3.05, 3.63) is 29.3 Å². The Morgan fingerprint density at radius 3 is 2.62 bits per heavy atom. The number of likely N-dealkylation sites (tertiary alicyclic amines) is 1. The number of thioether (sulfide) groups is 1. The van der Waals surface area contributed by atoms with Crippen LogP contribution in [0.1, 0.15) is 44.7 Å². The maximum atomic E-state index is 13.6. The van der Waals surface area contributed by atoms with Crippen LogP contribution >= 0.6 is 11.8 Å². The second-order valence-electron chi connectivity index (χ2n) is 8.29. The predicted octanol–water partition coefficient (Wildman–Crippen LogP) is 2.52. The Bertz CT molecular complexity index is 873. The molecule has 29 heavy (non-hydrogen) atoms. The van der Waals surface area contributed by atoms with Crippen molar-refractivity contribution in [2.75, 3.05) is 17.3 Å². The van der Waals surface area contributed by atoms with Gasteiger partial charge in [0.2, 0.25) is 17.7 Å². The average Bonchev–Trinajstić information content (AvgIpc) is 3.30. The highest BCUT2D eigenvalue weighted by atomic mass is 32.2. The number of rotatable bonds is 6. The number of fused-ring (bicyclic) bond motifs is 4. The summed E-state index contributed by atoms with van der Waals surface area (Å²) in [4.78, 5) is 41.8. The molecule has 3 amide bonds. The molecule has 0 radical (unpaired) electrons. The third-order valence-corrected chi connectivity index (χ3v) is 7.56. The lowest BCUT2D eigenvalue weighted by molar-refractivity contribution is -0.145. The van der Waals surface area contributed by atoms with Crippen LogP contribution in [0.25, 0.3) is 0 Å². The van der Waals surface area contributed by atoms with E-state index in [0.29, 0.717) is 6.42 Å². The van der Waals surface area contributed by atoms with E-state index in [2.05, 4.69) is 10.6 Å². The first kappa shape index (κ1) is 20.4. The molecule has 0 aliphatic carbocycles. The van der Waals surface area contributed by atoms with E-state index < -0.39 is 17.4 Å². The third-order valence-electron chi connectivity index (χ3n) is 6.92. The summed E-state index contributed by atoms with van der Waals surface area (Å²) >= 11 is 1.71. The standard InChI is InChI=1S/C22H29N3O3S/c1-5-12(3)25-19(26)16-15(10-11-29-4)24-22(17(16)20(25)27)14-9-7-8-13(6-2)18(14)23-21(22)28/h7-9,12,15-17,24H,5-6,10-11H2,1-4H3,(H,23,28). The van der Waals surface area contributed by atoms with E-state index in [1.165, 1.54) is 4.90 Å². The topological polar surface area (TPSA) is 78.5 Å². The summed E-state index contributed by atoms with van der Waals surface area (Å²) in [5.74, 6) is -0.862. The lowest BCUT2D eigenvalue weighted by atomic mass is 9.76. The number of imide groups is 1. The Morgan fingerprint density at radius 1 is 1.21 bits per heavy atom. The van der Waals surface area contributed by atoms with Gasteiger partial charge in [-0.25, -0.2) is 0 Å². The normalized spacial score (nSPS) is 31.4. The van der Waals surface area contributed by atoms with Gasteiger partial charge in [0, 0.05) is 23.3 Å². The highest BCUT2D eigenvalue weighted by Crippen LogP contribution is 2.54. The first-order valence-corrected chi connectivity index (χ1v) is 11.9. The van der Waals surface area contributed by atoms with Crippen LogP contribution in [0.5, 0.6) is 0 Å². The summed E-state index contributed by atoms with van der Waals surface area (Å²) in [6, 6.07) is 5.52.